The predicted octanol–water partition coefficient (Wildman–Crippen LogP) is 4.99. The van der Waals surface area contributed by atoms with Crippen LogP contribution in [0.5, 0.6) is 0 Å². The number of hydrogen-bond donors (Lipinski definition) is 1. The van der Waals surface area contributed by atoms with Crippen LogP contribution in [-0.2, 0) is 4.74 Å². The molecule has 5 heteroatoms. The Labute approximate surface area is 158 Å². The summed E-state index contributed by atoms with van der Waals surface area (Å²) in [5, 5.41) is 1.59. The van der Waals surface area contributed by atoms with Gasteiger partial charge in [-0.15, -0.1) is 0 Å². The van der Waals surface area contributed by atoms with Gasteiger partial charge in [-0.05, 0) is 37.6 Å². The lowest BCUT2D eigenvalue weighted by molar-refractivity contribution is 0.0434. The SMILES string of the molecule is CCO[C@H](C)CN(C)C(=O)c1[nH]c2ccc(Cl)cc2c1-c1ccccc1. The van der Waals surface area contributed by atoms with E-state index in [4.69, 9.17) is 16.3 Å². The minimum atomic E-state index is -0.0669. The third-order valence-corrected chi connectivity index (χ3v) is 4.60. The van der Waals surface area contributed by atoms with E-state index in [9.17, 15) is 4.79 Å². The van der Waals surface area contributed by atoms with Gasteiger partial charge in [-0.2, -0.15) is 0 Å². The lowest BCUT2D eigenvalue weighted by Crippen LogP contribution is -2.34. The Morgan fingerprint density at radius 1 is 1.23 bits per heavy atom. The highest BCUT2D eigenvalue weighted by atomic mass is 35.5. The zero-order chi connectivity index (χ0) is 18.7. The minimum absolute atomic E-state index is 0.0204. The molecule has 1 heterocycles. The highest BCUT2D eigenvalue weighted by Gasteiger charge is 2.23. The Morgan fingerprint density at radius 3 is 2.65 bits per heavy atom. The average molecular weight is 371 g/mol. The first-order valence-corrected chi connectivity index (χ1v) is 9.12. The molecule has 0 aliphatic rings. The summed E-state index contributed by atoms with van der Waals surface area (Å²) in [6.45, 7) is 5.07. The van der Waals surface area contributed by atoms with E-state index in [2.05, 4.69) is 4.98 Å². The first kappa shape index (κ1) is 18.5. The lowest BCUT2D eigenvalue weighted by atomic mass is 10.0. The second-order valence-electron chi connectivity index (χ2n) is 6.38. The van der Waals surface area contributed by atoms with Gasteiger partial charge in [0, 0.05) is 41.7 Å². The molecule has 3 aromatic rings. The van der Waals surface area contributed by atoms with Crippen molar-refractivity contribution in [1.82, 2.24) is 9.88 Å². The van der Waals surface area contributed by atoms with Crippen LogP contribution in [0.2, 0.25) is 5.02 Å². The number of fused-ring (bicyclic) bond motifs is 1. The topological polar surface area (TPSA) is 45.3 Å². The number of ether oxygens (including phenoxy) is 1. The Morgan fingerprint density at radius 2 is 1.96 bits per heavy atom. The molecule has 0 fully saturated rings. The summed E-state index contributed by atoms with van der Waals surface area (Å²) < 4.78 is 5.57. The van der Waals surface area contributed by atoms with Crippen LogP contribution in [0.15, 0.2) is 48.5 Å². The number of aromatic nitrogens is 1. The molecule has 3 rings (SSSR count). The number of aromatic amines is 1. The van der Waals surface area contributed by atoms with E-state index < -0.39 is 0 Å². The molecule has 136 valence electrons. The molecule has 1 N–H and O–H groups in total. The number of nitrogens with one attached hydrogen (secondary N) is 1. The number of halogens is 1. The van der Waals surface area contributed by atoms with E-state index in [1.54, 1.807) is 11.9 Å². The molecule has 26 heavy (non-hydrogen) atoms. The van der Waals surface area contributed by atoms with Crippen LogP contribution in [0.25, 0.3) is 22.0 Å². The van der Waals surface area contributed by atoms with Crippen LogP contribution < -0.4 is 0 Å². The molecule has 1 amide bonds. The van der Waals surface area contributed by atoms with Crippen LogP contribution in [-0.4, -0.2) is 42.1 Å². The first-order valence-electron chi connectivity index (χ1n) is 8.75. The predicted molar refractivity (Wildman–Crippen MR) is 107 cm³/mol. The normalized spacial score (nSPS) is 12.3. The zero-order valence-electron chi connectivity index (χ0n) is 15.3. The second-order valence-corrected chi connectivity index (χ2v) is 6.82. The number of carbonyl (C=O) groups is 1. The van der Waals surface area contributed by atoms with Crippen molar-refractivity contribution in [3.05, 3.63) is 59.2 Å². The van der Waals surface area contributed by atoms with Crippen molar-refractivity contribution in [2.24, 2.45) is 0 Å². The first-order chi connectivity index (χ1) is 12.5. The van der Waals surface area contributed by atoms with E-state index in [1.165, 1.54) is 0 Å². The Bertz CT molecular complexity index is 905. The molecular weight excluding hydrogens is 348 g/mol. The van der Waals surface area contributed by atoms with Gasteiger partial charge in [0.1, 0.15) is 5.69 Å². The van der Waals surface area contributed by atoms with Crippen molar-refractivity contribution in [3.63, 3.8) is 0 Å². The van der Waals surface area contributed by atoms with Crippen LogP contribution in [0, 0.1) is 0 Å². The fourth-order valence-electron chi connectivity index (χ4n) is 3.23. The largest absolute Gasteiger partial charge is 0.377 e. The number of carbonyl (C=O) groups excluding carboxylic acids is 1. The molecule has 0 saturated heterocycles. The molecule has 2 aromatic carbocycles. The van der Waals surface area contributed by atoms with Crippen molar-refractivity contribution in [2.75, 3.05) is 20.2 Å². The van der Waals surface area contributed by atoms with Crippen molar-refractivity contribution in [2.45, 2.75) is 20.0 Å². The van der Waals surface area contributed by atoms with Crippen molar-refractivity contribution in [3.8, 4) is 11.1 Å². The number of nitrogens with zero attached hydrogens (tertiary/aromatic N) is 1. The monoisotopic (exact) mass is 370 g/mol. The Kier molecular flexibility index (Phi) is 5.64. The molecule has 0 bridgehead atoms. The van der Waals surface area contributed by atoms with Gasteiger partial charge in [0.2, 0.25) is 0 Å². The van der Waals surface area contributed by atoms with Gasteiger partial charge in [0.25, 0.3) is 5.91 Å². The molecule has 0 saturated carbocycles. The molecule has 0 spiro atoms. The average Bonchev–Trinajstić information content (AvgIpc) is 3.00. The molecule has 4 nitrogen and oxygen atoms in total. The molecule has 0 aliphatic carbocycles. The van der Waals surface area contributed by atoms with Gasteiger partial charge in [0.05, 0.1) is 6.10 Å². The van der Waals surface area contributed by atoms with Gasteiger partial charge in [0.15, 0.2) is 0 Å². The third-order valence-electron chi connectivity index (χ3n) is 4.37. The van der Waals surface area contributed by atoms with E-state index >= 15 is 0 Å². The van der Waals surface area contributed by atoms with E-state index in [0.29, 0.717) is 23.9 Å². The number of H-pyrrole nitrogens is 1. The maximum absolute atomic E-state index is 13.1. The van der Waals surface area contributed by atoms with Crippen molar-refractivity contribution in [1.29, 1.82) is 0 Å². The summed E-state index contributed by atoms with van der Waals surface area (Å²) in [5.41, 5.74) is 3.32. The van der Waals surface area contributed by atoms with E-state index in [1.807, 2.05) is 62.4 Å². The summed E-state index contributed by atoms with van der Waals surface area (Å²) in [6, 6.07) is 15.5. The molecule has 0 radical (unpaired) electrons. The fourth-order valence-corrected chi connectivity index (χ4v) is 3.40. The number of benzene rings is 2. The smallest absolute Gasteiger partial charge is 0.270 e. The Balaban J connectivity index is 2.06. The fraction of sp³-hybridized carbons (Fsp3) is 0.286. The highest BCUT2D eigenvalue weighted by Crippen LogP contribution is 2.34. The van der Waals surface area contributed by atoms with Crippen molar-refractivity contribution >= 4 is 28.4 Å². The van der Waals surface area contributed by atoms with Gasteiger partial charge in [-0.3, -0.25) is 4.79 Å². The Hall–Kier alpha value is -2.30. The summed E-state index contributed by atoms with van der Waals surface area (Å²) in [7, 11) is 1.80. The molecule has 0 unspecified atom stereocenters. The van der Waals surface area contributed by atoms with Gasteiger partial charge < -0.3 is 14.6 Å². The summed E-state index contributed by atoms with van der Waals surface area (Å²) in [5.74, 6) is -0.0669. The van der Waals surface area contributed by atoms with Crippen LogP contribution in [0.3, 0.4) is 0 Å². The van der Waals surface area contributed by atoms with Crippen LogP contribution >= 0.6 is 11.6 Å². The summed E-state index contributed by atoms with van der Waals surface area (Å²) in [6.07, 6.45) is -0.0204. The maximum Gasteiger partial charge on any atom is 0.270 e. The van der Waals surface area contributed by atoms with E-state index in [-0.39, 0.29) is 12.0 Å². The van der Waals surface area contributed by atoms with Gasteiger partial charge in [-0.25, -0.2) is 0 Å². The summed E-state index contributed by atoms with van der Waals surface area (Å²) in [4.78, 5) is 18.1. The molecule has 1 aromatic heterocycles. The third kappa shape index (κ3) is 3.76. The number of amides is 1. The lowest BCUT2D eigenvalue weighted by Gasteiger charge is -2.21. The zero-order valence-corrected chi connectivity index (χ0v) is 16.0. The standard InChI is InChI=1S/C21H23ClN2O2/c1-4-26-14(2)13-24(3)21(25)20-19(15-8-6-5-7-9-15)17-12-16(22)10-11-18(17)23-20/h5-12,14,23H,4,13H2,1-3H3/t14-/m1/s1. The minimum Gasteiger partial charge on any atom is -0.377 e. The second kappa shape index (κ2) is 7.94. The highest BCUT2D eigenvalue weighted by molar-refractivity contribution is 6.31. The molecule has 0 aliphatic heterocycles. The van der Waals surface area contributed by atoms with Gasteiger partial charge >= 0.3 is 0 Å². The maximum atomic E-state index is 13.1. The molecular formula is C21H23ClN2O2. The molecule has 1 atom stereocenters. The van der Waals surface area contributed by atoms with E-state index in [0.717, 1.165) is 22.0 Å². The summed E-state index contributed by atoms with van der Waals surface area (Å²) >= 11 is 6.21. The van der Waals surface area contributed by atoms with Crippen LogP contribution in [0.4, 0.5) is 0 Å². The number of rotatable bonds is 6. The number of hydrogen-bond acceptors (Lipinski definition) is 2. The quantitative estimate of drug-likeness (QED) is 0.664. The van der Waals surface area contributed by atoms with Gasteiger partial charge in [-0.1, -0.05) is 41.9 Å². The van der Waals surface area contributed by atoms with Crippen LogP contribution in [0.1, 0.15) is 24.3 Å². The van der Waals surface area contributed by atoms with Crippen molar-refractivity contribution < 1.29 is 9.53 Å². The number of likely N-dealkylation sites (N-methyl/N-ethyl adjacent to an activating group) is 1.